The Kier molecular flexibility index (Phi) is 10.8. The maximum absolute atomic E-state index is 12.3. The predicted molar refractivity (Wildman–Crippen MR) is 131 cm³/mol. The van der Waals surface area contributed by atoms with Gasteiger partial charge in [-0.1, -0.05) is 30.3 Å². The van der Waals surface area contributed by atoms with Crippen LogP contribution < -0.4 is 10.0 Å². The largest absolute Gasteiger partial charge is 0.379 e. The number of aliphatic imine (C=N–C) groups is 1. The van der Waals surface area contributed by atoms with Gasteiger partial charge in [-0.3, -0.25) is 9.89 Å². The number of hydrogen-bond acceptors (Lipinski definition) is 5. The topological polar surface area (TPSA) is 86.3 Å². The van der Waals surface area contributed by atoms with Crippen LogP contribution >= 0.6 is 24.0 Å². The van der Waals surface area contributed by atoms with Crippen molar-refractivity contribution in [1.29, 1.82) is 0 Å². The van der Waals surface area contributed by atoms with Crippen molar-refractivity contribution in [2.24, 2.45) is 4.99 Å². The molecule has 30 heavy (non-hydrogen) atoms. The van der Waals surface area contributed by atoms with Gasteiger partial charge in [-0.15, -0.1) is 24.0 Å². The average molecular weight is 551 g/mol. The Morgan fingerprint density at radius 3 is 2.63 bits per heavy atom. The summed E-state index contributed by atoms with van der Waals surface area (Å²) >= 11 is 0. The van der Waals surface area contributed by atoms with Gasteiger partial charge in [-0.05, 0) is 18.9 Å². The van der Waals surface area contributed by atoms with Crippen LogP contribution in [0.5, 0.6) is 0 Å². The van der Waals surface area contributed by atoms with Gasteiger partial charge in [0.05, 0.1) is 25.5 Å². The fourth-order valence-electron chi connectivity index (χ4n) is 3.73. The molecule has 1 atom stereocenters. The maximum atomic E-state index is 12.3. The maximum Gasteiger partial charge on any atom is 0.213 e. The van der Waals surface area contributed by atoms with E-state index in [9.17, 15) is 8.42 Å². The second-order valence-corrected chi connectivity index (χ2v) is 9.32. The van der Waals surface area contributed by atoms with Crippen LogP contribution in [-0.4, -0.2) is 88.5 Å². The highest BCUT2D eigenvalue weighted by Crippen LogP contribution is 2.17. The lowest BCUT2D eigenvalue weighted by Gasteiger charge is -2.32. The fraction of sp³-hybridized carbons (Fsp3) is 0.650. The number of guanidine groups is 1. The van der Waals surface area contributed by atoms with Crippen LogP contribution in [0.3, 0.4) is 0 Å². The van der Waals surface area contributed by atoms with Gasteiger partial charge in [0.1, 0.15) is 0 Å². The zero-order valence-electron chi connectivity index (χ0n) is 17.6. The predicted octanol–water partition coefficient (Wildman–Crippen LogP) is 1.10. The molecule has 2 saturated heterocycles. The number of nitrogens with zero attached hydrogens (tertiary/aromatic N) is 3. The third kappa shape index (κ3) is 7.95. The standard InChI is InChI=1S/C20H33N5O3S.HI/c1-2-21-20(25-10-8-19(17-25)24-11-13-28-14-12-24)22-9-15-29(26,27)23-16-18-6-4-3-5-7-18;/h3-7,19,23H,2,8-17H2,1H3,(H,21,22);1H. The van der Waals surface area contributed by atoms with E-state index in [4.69, 9.17) is 4.74 Å². The molecule has 1 aromatic carbocycles. The monoisotopic (exact) mass is 551 g/mol. The van der Waals surface area contributed by atoms with E-state index in [-0.39, 0.29) is 36.3 Å². The van der Waals surface area contributed by atoms with Gasteiger partial charge in [0.15, 0.2) is 5.96 Å². The molecule has 8 nitrogen and oxygen atoms in total. The van der Waals surface area contributed by atoms with Crippen molar-refractivity contribution in [3.05, 3.63) is 35.9 Å². The number of benzene rings is 1. The first-order valence-electron chi connectivity index (χ1n) is 10.4. The molecule has 2 aliphatic heterocycles. The van der Waals surface area contributed by atoms with Crippen molar-refractivity contribution in [1.82, 2.24) is 19.8 Å². The number of ether oxygens (including phenoxy) is 1. The SMILES string of the molecule is CCNC(=NCCS(=O)(=O)NCc1ccccc1)N1CCC(N2CCOCC2)C1.I. The van der Waals surface area contributed by atoms with Crippen LogP contribution in [0.4, 0.5) is 0 Å². The molecule has 0 amide bonds. The number of sulfonamides is 1. The van der Waals surface area contributed by atoms with Crippen molar-refractivity contribution in [3.63, 3.8) is 0 Å². The molecule has 0 spiro atoms. The van der Waals surface area contributed by atoms with E-state index in [1.54, 1.807) is 0 Å². The van der Waals surface area contributed by atoms with Gasteiger partial charge in [0.25, 0.3) is 0 Å². The van der Waals surface area contributed by atoms with E-state index in [0.29, 0.717) is 12.6 Å². The fourth-order valence-corrected chi connectivity index (χ4v) is 4.60. The minimum atomic E-state index is -3.37. The third-order valence-electron chi connectivity index (χ3n) is 5.32. The average Bonchev–Trinajstić information content (AvgIpc) is 3.23. The Bertz CT molecular complexity index is 757. The van der Waals surface area contributed by atoms with Crippen molar-refractivity contribution >= 4 is 40.0 Å². The summed E-state index contributed by atoms with van der Waals surface area (Å²) in [6.07, 6.45) is 1.10. The highest BCUT2D eigenvalue weighted by molar-refractivity contribution is 14.0. The van der Waals surface area contributed by atoms with Gasteiger partial charge >= 0.3 is 0 Å². The number of morpholine rings is 1. The smallest absolute Gasteiger partial charge is 0.213 e. The third-order valence-corrected chi connectivity index (χ3v) is 6.62. The normalized spacial score (nSPS) is 20.8. The van der Waals surface area contributed by atoms with Gasteiger partial charge in [-0.2, -0.15) is 0 Å². The van der Waals surface area contributed by atoms with E-state index in [0.717, 1.165) is 63.9 Å². The second-order valence-electron chi connectivity index (χ2n) is 7.40. The summed E-state index contributed by atoms with van der Waals surface area (Å²) in [5.74, 6) is 0.789. The van der Waals surface area contributed by atoms with Crippen molar-refractivity contribution < 1.29 is 13.2 Å². The van der Waals surface area contributed by atoms with Gasteiger partial charge in [0.2, 0.25) is 10.0 Å². The van der Waals surface area contributed by atoms with E-state index >= 15 is 0 Å². The Hall–Kier alpha value is -0.950. The molecular formula is C20H34IN5O3S. The summed E-state index contributed by atoms with van der Waals surface area (Å²) in [5, 5.41) is 3.31. The number of hydrogen-bond donors (Lipinski definition) is 2. The first kappa shape index (κ1) is 25.3. The lowest BCUT2D eigenvalue weighted by molar-refractivity contribution is 0.0195. The number of likely N-dealkylation sites (tertiary alicyclic amines) is 1. The van der Waals surface area contributed by atoms with Crippen LogP contribution in [0.15, 0.2) is 35.3 Å². The molecule has 0 bridgehead atoms. The summed E-state index contributed by atoms with van der Waals surface area (Å²) in [4.78, 5) is 9.32. The lowest BCUT2D eigenvalue weighted by Crippen LogP contribution is -2.46. The molecule has 170 valence electrons. The molecule has 2 N–H and O–H groups in total. The van der Waals surface area contributed by atoms with E-state index in [1.807, 2.05) is 37.3 Å². The van der Waals surface area contributed by atoms with Crippen molar-refractivity contribution in [2.75, 3.05) is 58.2 Å². The summed E-state index contributed by atoms with van der Waals surface area (Å²) in [5.41, 5.74) is 0.944. The summed E-state index contributed by atoms with van der Waals surface area (Å²) in [6.45, 7) is 8.77. The van der Waals surface area contributed by atoms with E-state index < -0.39 is 10.0 Å². The molecule has 1 unspecified atom stereocenters. The number of rotatable bonds is 8. The summed E-state index contributed by atoms with van der Waals surface area (Å²) in [6, 6.07) is 10.0. The lowest BCUT2D eigenvalue weighted by atomic mass is 10.2. The molecule has 0 aromatic heterocycles. The first-order valence-corrected chi connectivity index (χ1v) is 12.1. The molecule has 2 heterocycles. The minimum Gasteiger partial charge on any atom is -0.379 e. The molecule has 0 radical (unpaired) electrons. The zero-order chi connectivity index (χ0) is 20.5. The first-order chi connectivity index (χ1) is 14.1. The van der Waals surface area contributed by atoms with Crippen LogP contribution in [0.25, 0.3) is 0 Å². The number of nitrogens with one attached hydrogen (secondary N) is 2. The highest BCUT2D eigenvalue weighted by atomic mass is 127. The molecule has 1 aromatic rings. The quantitative estimate of drug-likeness (QED) is 0.286. The number of halogens is 1. The highest BCUT2D eigenvalue weighted by Gasteiger charge is 2.30. The summed E-state index contributed by atoms with van der Waals surface area (Å²) < 4.78 is 32.7. The molecule has 2 aliphatic rings. The van der Waals surface area contributed by atoms with Crippen LogP contribution in [-0.2, 0) is 21.3 Å². The van der Waals surface area contributed by atoms with Gasteiger partial charge in [-0.25, -0.2) is 13.1 Å². The molecular weight excluding hydrogens is 517 g/mol. The van der Waals surface area contributed by atoms with Crippen molar-refractivity contribution in [2.45, 2.75) is 25.9 Å². The van der Waals surface area contributed by atoms with Crippen LogP contribution in [0.2, 0.25) is 0 Å². The zero-order valence-corrected chi connectivity index (χ0v) is 20.8. The Morgan fingerprint density at radius 2 is 1.93 bits per heavy atom. The van der Waals surface area contributed by atoms with Gasteiger partial charge in [0, 0.05) is 45.3 Å². The van der Waals surface area contributed by atoms with Gasteiger partial charge < -0.3 is 15.0 Å². The Balaban J connectivity index is 0.00000320. The van der Waals surface area contributed by atoms with Crippen LogP contribution in [0.1, 0.15) is 18.9 Å². The molecule has 0 saturated carbocycles. The minimum absolute atomic E-state index is 0. The van der Waals surface area contributed by atoms with Crippen LogP contribution in [0, 0.1) is 0 Å². The molecule has 3 rings (SSSR count). The molecule has 0 aliphatic carbocycles. The second kappa shape index (κ2) is 12.8. The Labute approximate surface area is 197 Å². The van der Waals surface area contributed by atoms with Crippen molar-refractivity contribution in [3.8, 4) is 0 Å². The molecule has 10 heteroatoms. The Morgan fingerprint density at radius 1 is 1.20 bits per heavy atom. The molecule has 2 fully saturated rings. The summed E-state index contributed by atoms with van der Waals surface area (Å²) in [7, 11) is -3.37. The van der Waals surface area contributed by atoms with E-state index in [2.05, 4.69) is 24.8 Å². The van der Waals surface area contributed by atoms with E-state index in [1.165, 1.54) is 0 Å².